The molecule has 0 aromatic heterocycles. The number of carboxylic acids is 1. The first-order valence-corrected chi connectivity index (χ1v) is 6.23. The van der Waals surface area contributed by atoms with Crippen LogP contribution in [0.2, 0.25) is 0 Å². The van der Waals surface area contributed by atoms with Crippen LogP contribution in [0.1, 0.15) is 24.8 Å². The number of nitrogens with one attached hydrogen (secondary N) is 1. The summed E-state index contributed by atoms with van der Waals surface area (Å²) in [5.74, 6) is 0.0749. The average molecular weight is 249 g/mol. The molecule has 0 aliphatic carbocycles. The van der Waals surface area contributed by atoms with Gasteiger partial charge >= 0.3 is 5.97 Å². The molecule has 1 fully saturated rings. The smallest absolute Gasteiger partial charge is 0.304 e. The third kappa shape index (κ3) is 2.64. The van der Waals surface area contributed by atoms with Gasteiger partial charge in [-0.25, -0.2) is 0 Å². The molecule has 1 aliphatic heterocycles. The second-order valence-electron chi connectivity index (χ2n) is 4.83. The fraction of sp³-hybridized carbons (Fsp3) is 0.500. The number of ether oxygens (including phenoxy) is 1. The zero-order chi connectivity index (χ0) is 13.0. The van der Waals surface area contributed by atoms with Crippen LogP contribution in [0.3, 0.4) is 0 Å². The quantitative estimate of drug-likeness (QED) is 0.854. The maximum absolute atomic E-state index is 11.1. The Hall–Kier alpha value is -1.55. The predicted octanol–water partition coefficient (Wildman–Crippen LogP) is 1.79. The number of benzene rings is 1. The monoisotopic (exact) mass is 249 g/mol. The summed E-state index contributed by atoms with van der Waals surface area (Å²) < 4.78 is 5.14. The van der Waals surface area contributed by atoms with Crippen molar-refractivity contribution >= 4 is 5.97 Å². The van der Waals surface area contributed by atoms with Gasteiger partial charge in [-0.3, -0.25) is 4.79 Å². The van der Waals surface area contributed by atoms with Crippen LogP contribution in [0.25, 0.3) is 0 Å². The second-order valence-corrected chi connectivity index (χ2v) is 4.83. The fourth-order valence-corrected chi connectivity index (χ4v) is 2.71. The summed E-state index contributed by atoms with van der Waals surface area (Å²) in [5.41, 5.74) is 0.871. The zero-order valence-electron chi connectivity index (χ0n) is 10.6. The lowest BCUT2D eigenvalue weighted by molar-refractivity contribution is -0.138. The molecule has 0 atom stereocenters. The molecule has 2 N–H and O–H groups in total. The first kappa shape index (κ1) is 12.9. The van der Waals surface area contributed by atoms with Gasteiger partial charge in [-0.1, -0.05) is 12.1 Å². The molecule has 1 saturated heterocycles. The fourth-order valence-electron chi connectivity index (χ4n) is 2.71. The van der Waals surface area contributed by atoms with Crippen LogP contribution < -0.4 is 10.1 Å². The molecule has 0 spiro atoms. The Bertz CT molecular complexity index is 408. The van der Waals surface area contributed by atoms with Crippen LogP contribution >= 0.6 is 0 Å². The molecule has 0 radical (unpaired) electrons. The van der Waals surface area contributed by atoms with Crippen molar-refractivity contribution < 1.29 is 14.6 Å². The van der Waals surface area contributed by atoms with Crippen molar-refractivity contribution in [3.63, 3.8) is 0 Å². The maximum atomic E-state index is 11.1. The van der Waals surface area contributed by atoms with Crippen LogP contribution in [0.4, 0.5) is 0 Å². The Labute approximate surface area is 107 Å². The van der Waals surface area contributed by atoms with Crippen LogP contribution in [-0.4, -0.2) is 31.3 Å². The Morgan fingerprint density at radius 2 is 1.94 bits per heavy atom. The van der Waals surface area contributed by atoms with Crippen LogP contribution in [-0.2, 0) is 10.2 Å². The van der Waals surface area contributed by atoms with E-state index in [1.807, 2.05) is 24.3 Å². The molecule has 1 aliphatic rings. The first-order chi connectivity index (χ1) is 8.66. The third-order valence-electron chi connectivity index (χ3n) is 3.75. The van der Waals surface area contributed by atoms with Gasteiger partial charge in [0.25, 0.3) is 0 Å². The molecule has 0 bridgehead atoms. The highest BCUT2D eigenvalue weighted by atomic mass is 16.5. The first-order valence-electron chi connectivity index (χ1n) is 6.23. The molecule has 4 heteroatoms. The number of carbonyl (C=O) groups is 1. The SMILES string of the molecule is COc1ccc(C2(CC(=O)O)CCNCC2)cc1. The number of hydrogen-bond acceptors (Lipinski definition) is 3. The standard InChI is InChI=1S/C14H19NO3/c1-18-12-4-2-11(3-5-12)14(10-13(16)17)6-8-15-9-7-14/h2-5,15H,6-10H2,1H3,(H,16,17). The van der Waals surface area contributed by atoms with Gasteiger partial charge in [-0.15, -0.1) is 0 Å². The molecule has 1 heterocycles. The average Bonchev–Trinajstić information content (AvgIpc) is 2.39. The summed E-state index contributed by atoms with van der Waals surface area (Å²) in [7, 11) is 1.63. The van der Waals surface area contributed by atoms with Crippen LogP contribution in [0.15, 0.2) is 24.3 Å². The number of rotatable bonds is 4. The van der Waals surface area contributed by atoms with E-state index in [0.717, 1.165) is 37.2 Å². The van der Waals surface area contributed by atoms with Gasteiger partial charge in [0.05, 0.1) is 13.5 Å². The van der Waals surface area contributed by atoms with Crippen LogP contribution in [0.5, 0.6) is 5.75 Å². The minimum atomic E-state index is -0.729. The molecule has 1 aromatic rings. The lowest BCUT2D eigenvalue weighted by Crippen LogP contribution is -2.41. The van der Waals surface area contributed by atoms with Gasteiger partial charge < -0.3 is 15.2 Å². The largest absolute Gasteiger partial charge is 0.497 e. The molecule has 0 amide bonds. The molecule has 98 valence electrons. The topological polar surface area (TPSA) is 58.6 Å². The third-order valence-corrected chi connectivity index (χ3v) is 3.75. The van der Waals surface area contributed by atoms with Gasteiger partial charge in [0, 0.05) is 5.41 Å². The van der Waals surface area contributed by atoms with E-state index in [4.69, 9.17) is 9.84 Å². The van der Waals surface area contributed by atoms with Crippen molar-refractivity contribution in [1.29, 1.82) is 0 Å². The normalized spacial score (nSPS) is 18.3. The molecule has 1 aromatic carbocycles. The molecular weight excluding hydrogens is 230 g/mol. The molecule has 18 heavy (non-hydrogen) atoms. The van der Waals surface area contributed by atoms with E-state index in [-0.39, 0.29) is 11.8 Å². The summed E-state index contributed by atoms with van der Waals surface area (Å²) >= 11 is 0. The highest BCUT2D eigenvalue weighted by Crippen LogP contribution is 2.37. The van der Waals surface area contributed by atoms with Gasteiger partial charge in [0.2, 0.25) is 0 Å². The Kier molecular flexibility index (Phi) is 3.87. The predicted molar refractivity (Wildman–Crippen MR) is 69.0 cm³/mol. The van der Waals surface area contributed by atoms with Gasteiger partial charge in [0.1, 0.15) is 5.75 Å². The lowest BCUT2D eigenvalue weighted by Gasteiger charge is -2.37. The minimum Gasteiger partial charge on any atom is -0.497 e. The molecule has 4 nitrogen and oxygen atoms in total. The Morgan fingerprint density at radius 3 is 2.44 bits per heavy atom. The van der Waals surface area contributed by atoms with Crippen molar-refractivity contribution in [1.82, 2.24) is 5.32 Å². The highest BCUT2D eigenvalue weighted by molar-refractivity contribution is 5.69. The molecule has 2 rings (SSSR count). The van der Waals surface area contributed by atoms with Crippen molar-refractivity contribution in [2.75, 3.05) is 20.2 Å². The van der Waals surface area contributed by atoms with Crippen molar-refractivity contribution in [3.05, 3.63) is 29.8 Å². The van der Waals surface area contributed by atoms with Gasteiger partial charge in [-0.05, 0) is 43.6 Å². The van der Waals surface area contributed by atoms with E-state index in [1.54, 1.807) is 7.11 Å². The summed E-state index contributed by atoms with van der Waals surface area (Å²) in [6, 6.07) is 7.79. The van der Waals surface area contributed by atoms with Crippen molar-refractivity contribution in [2.45, 2.75) is 24.7 Å². The second kappa shape index (κ2) is 5.40. The summed E-state index contributed by atoms with van der Waals surface area (Å²) in [6.07, 6.45) is 1.93. The summed E-state index contributed by atoms with van der Waals surface area (Å²) in [6.45, 7) is 1.75. The van der Waals surface area contributed by atoms with Crippen molar-refractivity contribution in [2.24, 2.45) is 0 Å². The summed E-state index contributed by atoms with van der Waals surface area (Å²) in [5, 5.41) is 12.4. The van der Waals surface area contributed by atoms with E-state index in [0.29, 0.717) is 0 Å². The van der Waals surface area contributed by atoms with E-state index >= 15 is 0 Å². The van der Waals surface area contributed by atoms with E-state index in [9.17, 15) is 4.79 Å². The van der Waals surface area contributed by atoms with Gasteiger partial charge in [0.15, 0.2) is 0 Å². The minimum absolute atomic E-state index is 0.195. The number of methoxy groups -OCH3 is 1. The number of hydrogen-bond donors (Lipinski definition) is 2. The Balaban J connectivity index is 2.29. The molecular formula is C14H19NO3. The van der Waals surface area contributed by atoms with Gasteiger partial charge in [-0.2, -0.15) is 0 Å². The molecule has 0 unspecified atom stereocenters. The number of carboxylic acid groups (broad SMARTS) is 1. The Morgan fingerprint density at radius 1 is 1.33 bits per heavy atom. The van der Waals surface area contributed by atoms with E-state index in [1.165, 1.54) is 0 Å². The maximum Gasteiger partial charge on any atom is 0.304 e. The van der Waals surface area contributed by atoms with Crippen LogP contribution in [0, 0.1) is 0 Å². The number of aliphatic carboxylic acids is 1. The number of piperidine rings is 1. The zero-order valence-corrected chi connectivity index (χ0v) is 10.6. The highest BCUT2D eigenvalue weighted by Gasteiger charge is 2.35. The lowest BCUT2D eigenvalue weighted by atomic mass is 9.71. The summed E-state index contributed by atoms with van der Waals surface area (Å²) in [4.78, 5) is 11.1. The van der Waals surface area contributed by atoms with E-state index in [2.05, 4.69) is 5.32 Å². The van der Waals surface area contributed by atoms with Crippen molar-refractivity contribution in [3.8, 4) is 5.75 Å². The van der Waals surface area contributed by atoms with E-state index < -0.39 is 5.97 Å². The molecule has 0 saturated carbocycles.